The Morgan fingerprint density at radius 1 is 1.10 bits per heavy atom. The zero-order valence-electron chi connectivity index (χ0n) is 17.9. The maximum absolute atomic E-state index is 12.7. The van der Waals surface area contributed by atoms with Gasteiger partial charge in [-0.15, -0.1) is 0 Å². The maximum atomic E-state index is 12.7. The number of nitrogens with one attached hydrogen (secondary N) is 1. The molecule has 158 valence electrons. The molecule has 30 heavy (non-hydrogen) atoms. The van der Waals surface area contributed by atoms with Gasteiger partial charge in [-0.2, -0.15) is 0 Å². The Balaban J connectivity index is 1.81. The molecule has 0 aliphatic carbocycles. The third-order valence-corrected chi connectivity index (χ3v) is 5.02. The number of ether oxygens (including phenoxy) is 2. The molecule has 1 amide bonds. The summed E-state index contributed by atoms with van der Waals surface area (Å²) >= 11 is 0. The average Bonchev–Trinajstić information content (AvgIpc) is 3.18. The van der Waals surface area contributed by atoms with Crippen LogP contribution in [0.3, 0.4) is 0 Å². The van der Waals surface area contributed by atoms with E-state index in [1.54, 1.807) is 36.4 Å². The highest BCUT2D eigenvalue weighted by molar-refractivity contribution is 6.04. The number of amides is 1. The molecule has 0 aliphatic heterocycles. The summed E-state index contributed by atoms with van der Waals surface area (Å²) in [7, 11) is 3.06. The van der Waals surface area contributed by atoms with Gasteiger partial charge >= 0.3 is 0 Å². The number of methoxy groups -OCH3 is 2. The SMILES string of the molecule is COc1cccc(OC)c1NC(=O)c1ccc(Cc2cc(C(C)C)c(O)cc2C)o1. The van der Waals surface area contributed by atoms with Crippen molar-refractivity contribution < 1.29 is 23.8 Å². The number of para-hydroxylation sites is 1. The van der Waals surface area contributed by atoms with Crippen molar-refractivity contribution >= 4 is 11.6 Å². The monoisotopic (exact) mass is 409 g/mol. The van der Waals surface area contributed by atoms with Gasteiger partial charge in [0, 0.05) is 6.42 Å². The third-order valence-electron chi connectivity index (χ3n) is 5.02. The van der Waals surface area contributed by atoms with Crippen molar-refractivity contribution in [2.75, 3.05) is 19.5 Å². The number of hydrogen-bond acceptors (Lipinski definition) is 5. The second-order valence-corrected chi connectivity index (χ2v) is 7.43. The van der Waals surface area contributed by atoms with E-state index in [9.17, 15) is 9.90 Å². The molecule has 2 N–H and O–H groups in total. The summed E-state index contributed by atoms with van der Waals surface area (Å²) < 4.78 is 16.4. The van der Waals surface area contributed by atoms with Crippen molar-refractivity contribution in [3.63, 3.8) is 0 Å². The van der Waals surface area contributed by atoms with Gasteiger partial charge in [0.05, 0.1) is 14.2 Å². The Kier molecular flexibility index (Phi) is 6.35. The quantitative estimate of drug-likeness (QED) is 0.555. The van der Waals surface area contributed by atoms with Gasteiger partial charge in [0.2, 0.25) is 0 Å². The Hall–Kier alpha value is -3.41. The predicted octanol–water partition coefficient (Wildman–Crippen LogP) is 5.28. The Morgan fingerprint density at radius 3 is 2.37 bits per heavy atom. The van der Waals surface area contributed by atoms with E-state index in [4.69, 9.17) is 13.9 Å². The minimum atomic E-state index is -0.394. The first-order valence-electron chi connectivity index (χ1n) is 9.77. The fraction of sp³-hybridized carbons (Fsp3) is 0.292. The van der Waals surface area contributed by atoms with E-state index in [0.29, 0.717) is 35.1 Å². The Labute approximate surface area is 176 Å². The fourth-order valence-corrected chi connectivity index (χ4v) is 3.34. The van der Waals surface area contributed by atoms with Crippen LogP contribution < -0.4 is 14.8 Å². The lowest BCUT2D eigenvalue weighted by Crippen LogP contribution is -2.12. The van der Waals surface area contributed by atoms with Crippen LogP contribution in [0.15, 0.2) is 46.9 Å². The van der Waals surface area contributed by atoms with Crippen molar-refractivity contribution in [3.05, 3.63) is 70.7 Å². The van der Waals surface area contributed by atoms with Crippen molar-refractivity contribution in [3.8, 4) is 17.2 Å². The van der Waals surface area contributed by atoms with Crippen LogP contribution in [0.1, 0.15) is 52.8 Å². The van der Waals surface area contributed by atoms with Crippen LogP contribution in [0.4, 0.5) is 5.69 Å². The summed E-state index contributed by atoms with van der Waals surface area (Å²) in [5.41, 5.74) is 3.35. The number of furan rings is 1. The molecule has 0 saturated heterocycles. The normalized spacial score (nSPS) is 10.9. The number of hydrogen-bond donors (Lipinski definition) is 2. The van der Waals surface area contributed by atoms with Gasteiger partial charge in [0.15, 0.2) is 5.76 Å². The summed E-state index contributed by atoms with van der Waals surface area (Å²) in [6, 6.07) is 12.5. The molecular weight excluding hydrogens is 382 g/mol. The predicted molar refractivity (Wildman–Crippen MR) is 116 cm³/mol. The van der Waals surface area contributed by atoms with E-state index in [0.717, 1.165) is 16.7 Å². The molecule has 3 aromatic rings. The lowest BCUT2D eigenvalue weighted by atomic mass is 9.95. The maximum Gasteiger partial charge on any atom is 0.291 e. The molecule has 0 saturated carbocycles. The fourth-order valence-electron chi connectivity index (χ4n) is 3.34. The highest BCUT2D eigenvalue weighted by atomic mass is 16.5. The van der Waals surface area contributed by atoms with Crippen LogP contribution in [-0.4, -0.2) is 25.2 Å². The Bertz CT molecular complexity index is 1030. The second-order valence-electron chi connectivity index (χ2n) is 7.43. The number of benzene rings is 2. The van der Waals surface area contributed by atoms with Gasteiger partial charge in [0.25, 0.3) is 5.91 Å². The highest BCUT2D eigenvalue weighted by Crippen LogP contribution is 2.35. The zero-order valence-corrected chi connectivity index (χ0v) is 17.9. The standard InChI is InChI=1S/C24H27NO5/c1-14(2)18-13-16(15(3)11-19(18)26)12-17-9-10-22(30-17)24(27)25-23-20(28-4)7-6-8-21(23)29-5/h6-11,13-14,26H,12H2,1-5H3,(H,25,27). The minimum Gasteiger partial charge on any atom is -0.508 e. The molecule has 0 aliphatic rings. The molecule has 0 radical (unpaired) electrons. The summed E-state index contributed by atoms with van der Waals surface area (Å²) in [4.78, 5) is 12.7. The van der Waals surface area contributed by atoms with E-state index in [1.807, 2.05) is 26.8 Å². The van der Waals surface area contributed by atoms with Crippen LogP contribution in [-0.2, 0) is 6.42 Å². The summed E-state index contributed by atoms with van der Waals surface area (Å²) in [5, 5.41) is 13.0. The molecule has 0 fully saturated rings. The molecule has 1 aromatic heterocycles. The molecule has 0 unspecified atom stereocenters. The van der Waals surface area contributed by atoms with E-state index >= 15 is 0 Å². The Morgan fingerprint density at radius 2 is 1.77 bits per heavy atom. The number of carbonyl (C=O) groups is 1. The van der Waals surface area contributed by atoms with Gasteiger partial charge < -0.3 is 24.3 Å². The second kappa shape index (κ2) is 8.95. The first-order valence-corrected chi connectivity index (χ1v) is 9.77. The number of phenols is 1. The van der Waals surface area contributed by atoms with E-state index in [1.165, 1.54) is 14.2 Å². The molecule has 6 nitrogen and oxygen atoms in total. The average molecular weight is 409 g/mol. The lowest BCUT2D eigenvalue weighted by Gasteiger charge is -2.13. The van der Waals surface area contributed by atoms with Crippen molar-refractivity contribution in [1.82, 2.24) is 0 Å². The van der Waals surface area contributed by atoms with E-state index in [-0.39, 0.29) is 11.7 Å². The number of aromatic hydroxyl groups is 1. The van der Waals surface area contributed by atoms with Crippen LogP contribution in [0.2, 0.25) is 0 Å². The number of phenolic OH excluding ortho intramolecular Hbond substituents is 1. The number of rotatable bonds is 7. The first-order chi connectivity index (χ1) is 14.3. The van der Waals surface area contributed by atoms with Crippen LogP contribution in [0, 0.1) is 6.92 Å². The zero-order chi connectivity index (χ0) is 21.8. The molecule has 0 bridgehead atoms. The lowest BCUT2D eigenvalue weighted by molar-refractivity contribution is 0.0994. The minimum absolute atomic E-state index is 0.193. The molecule has 0 atom stereocenters. The third kappa shape index (κ3) is 4.43. The number of carbonyl (C=O) groups excluding carboxylic acids is 1. The first kappa shape index (κ1) is 21.3. The number of aryl methyl sites for hydroxylation is 1. The van der Waals surface area contributed by atoms with Gasteiger partial charge in [-0.25, -0.2) is 0 Å². The molecule has 1 heterocycles. The molecular formula is C24H27NO5. The van der Waals surface area contributed by atoms with Crippen LogP contribution in [0.5, 0.6) is 17.2 Å². The van der Waals surface area contributed by atoms with Crippen molar-refractivity contribution in [2.45, 2.75) is 33.1 Å². The van der Waals surface area contributed by atoms with E-state index < -0.39 is 5.91 Å². The van der Waals surface area contributed by atoms with Gasteiger partial charge in [-0.1, -0.05) is 26.0 Å². The molecule has 0 spiro atoms. The molecule has 6 heteroatoms. The largest absolute Gasteiger partial charge is 0.508 e. The smallest absolute Gasteiger partial charge is 0.291 e. The molecule has 3 rings (SSSR count). The van der Waals surface area contributed by atoms with Gasteiger partial charge in [-0.05, 0) is 59.9 Å². The van der Waals surface area contributed by atoms with Crippen LogP contribution >= 0.6 is 0 Å². The summed E-state index contributed by atoms with van der Waals surface area (Å²) in [5.74, 6) is 1.96. The van der Waals surface area contributed by atoms with Gasteiger partial charge in [0.1, 0.15) is 28.7 Å². The number of anilines is 1. The van der Waals surface area contributed by atoms with Crippen molar-refractivity contribution in [1.29, 1.82) is 0 Å². The van der Waals surface area contributed by atoms with Crippen LogP contribution in [0.25, 0.3) is 0 Å². The summed E-state index contributed by atoms with van der Waals surface area (Å²) in [6.07, 6.45) is 0.525. The van der Waals surface area contributed by atoms with Crippen molar-refractivity contribution in [2.24, 2.45) is 0 Å². The summed E-state index contributed by atoms with van der Waals surface area (Å²) in [6.45, 7) is 6.02. The topological polar surface area (TPSA) is 80.9 Å². The van der Waals surface area contributed by atoms with E-state index in [2.05, 4.69) is 5.32 Å². The molecule has 2 aromatic carbocycles. The highest BCUT2D eigenvalue weighted by Gasteiger charge is 2.18. The van der Waals surface area contributed by atoms with Gasteiger partial charge in [-0.3, -0.25) is 4.79 Å².